The molecule has 8 nitrogen and oxygen atoms in total. The number of esters is 1. The summed E-state index contributed by atoms with van der Waals surface area (Å²) in [5.41, 5.74) is -0.868. The van der Waals surface area contributed by atoms with Crippen molar-refractivity contribution in [2.24, 2.45) is 20.0 Å². The molecule has 20 heavy (non-hydrogen) atoms. The maximum atomic E-state index is 12.1. The van der Waals surface area contributed by atoms with Crippen LogP contribution in [0.5, 0.6) is 0 Å². The van der Waals surface area contributed by atoms with Crippen LogP contribution in [0.2, 0.25) is 0 Å². The molecule has 1 saturated heterocycles. The summed E-state index contributed by atoms with van der Waals surface area (Å²) in [7, 11) is 4.31. The number of carbonyl (C=O) groups is 1. The fourth-order valence-corrected chi connectivity index (χ4v) is 2.37. The monoisotopic (exact) mass is 282 g/mol. The van der Waals surface area contributed by atoms with E-state index in [0.29, 0.717) is 25.9 Å². The van der Waals surface area contributed by atoms with E-state index in [9.17, 15) is 14.4 Å². The molecule has 0 spiro atoms. The molecule has 8 heteroatoms. The molecule has 0 saturated carbocycles. The number of rotatable bonds is 2. The second-order valence-corrected chi connectivity index (χ2v) is 4.88. The smallest absolute Gasteiger partial charge is 0.346 e. The summed E-state index contributed by atoms with van der Waals surface area (Å²) in [4.78, 5) is 36.9. The van der Waals surface area contributed by atoms with E-state index < -0.39 is 11.2 Å². The van der Waals surface area contributed by atoms with Crippen molar-refractivity contribution in [2.45, 2.75) is 12.8 Å². The van der Waals surface area contributed by atoms with Crippen LogP contribution in [0, 0.1) is 5.92 Å². The molecule has 0 bridgehead atoms. The van der Waals surface area contributed by atoms with Crippen molar-refractivity contribution in [3.05, 3.63) is 20.8 Å². The minimum absolute atomic E-state index is 0.132. The minimum Gasteiger partial charge on any atom is -0.469 e. The molecule has 0 radical (unpaired) electrons. The number of methoxy groups -OCH3 is 1. The first-order valence-electron chi connectivity index (χ1n) is 6.42. The Hall–Kier alpha value is -2.12. The number of carbonyl (C=O) groups excluding carboxylic acids is 1. The Morgan fingerprint density at radius 3 is 2.40 bits per heavy atom. The highest BCUT2D eigenvalue weighted by Gasteiger charge is 2.28. The normalized spacial score (nSPS) is 16.2. The van der Waals surface area contributed by atoms with Crippen molar-refractivity contribution in [1.82, 2.24) is 14.3 Å². The van der Waals surface area contributed by atoms with Crippen molar-refractivity contribution >= 4 is 11.8 Å². The van der Waals surface area contributed by atoms with Crippen LogP contribution in [0.3, 0.4) is 0 Å². The molecule has 0 atom stereocenters. The summed E-state index contributed by atoms with van der Waals surface area (Å²) < 4.78 is 6.90. The maximum Gasteiger partial charge on any atom is 0.346 e. The lowest BCUT2D eigenvalue weighted by atomic mass is 9.97. The zero-order chi connectivity index (χ0) is 14.9. The molecule has 0 aliphatic carbocycles. The number of hydrogen-bond acceptors (Lipinski definition) is 6. The Morgan fingerprint density at radius 1 is 1.25 bits per heavy atom. The quantitative estimate of drug-likeness (QED) is 0.638. The van der Waals surface area contributed by atoms with E-state index in [1.54, 1.807) is 4.90 Å². The van der Waals surface area contributed by atoms with Gasteiger partial charge in [0.25, 0.3) is 5.56 Å². The van der Waals surface area contributed by atoms with Gasteiger partial charge in [-0.15, -0.1) is 5.10 Å². The van der Waals surface area contributed by atoms with Gasteiger partial charge in [0.1, 0.15) is 0 Å². The Morgan fingerprint density at radius 2 is 1.85 bits per heavy atom. The predicted molar refractivity (Wildman–Crippen MR) is 71.7 cm³/mol. The highest BCUT2D eigenvalue weighted by Crippen LogP contribution is 2.20. The zero-order valence-electron chi connectivity index (χ0n) is 11.8. The fraction of sp³-hybridized carbons (Fsp3) is 0.667. The molecule has 1 fully saturated rings. The molecule has 0 unspecified atom stereocenters. The Labute approximate surface area is 115 Å². The van der Waals surface area contributed by atoms with Crippen LogP contribution in [0.1, 0.15) is 12.8 Å². The molecule has 0 aromatic carbocycles. The predicted octanol–water partition coefficient (Wildman–Crippen LogP) is -1.13. The third-order valence-electron chi connectivity index (χ3n) is 3.63. The van der Waals surface area contributed by atoms with Gasteiger partial charge in [-0.05, 0) is 12.8 Å². The lowest BCUT2D eigenvalue weighted by Crippen LogP contribution is -2.46. The minimum atomic E-state index is -0.455. The van der Waals surface area contributed by atoms with E-state index in [0.717, 1.165) is 9.25 Å². The average molecular weight is 282 g/mol. The topological polar surface area (TPSA) is 86.4 Å². The van der Waals surface area contributed by atoms with Gasteiger partial charge in [0.15, 0.2) is 0 Å². The molecule has 110 valence electrons. The van der Waals surface area contributed by atoms with Crippen molar-refractivity contribution in [3.8, 4) is 0 Å². The van der Waals surface area contributed by atoms with E-state index in [4.69, 9.17) is 4.74 Å². The van der Waals surface area contributed by atoms with Gasteiger partial charge in [0.2, 0.25) is 5.82 Å². The van der Waals surface area contributed by atoms with Crippen LogP contribution in [-0.4, -0.2) is 40.5 Å². The molecule has 0 amide bonds. The van der Waals surface area contributed by atoms with Crippen molar-refractivity contribution < 1.29 is 9.53 Å². The lowest BCUT2D eigenvalue weighted by molar-refractivity contribution is -0.146. The zero-order valence-corrected chi connectivity index (χ0v) is 11.8. The van der Waals surface area contributed by atoms with Crippen LogP contribution < -0.4 is 16.1 Å². The second-order valence-electron chi connectivity index (χ2n) is 4.88. The van der Waals surface area contributed by atoms with E-state index in [2.05, 4.69) is 5.10 Å². The molecular weight excluding hydrogens is 264 g/mol. The Kier molecular flexibility index (Phi) is 3.91. The summed E-state index contributed by atoms with van der Waals surface area (Å²) in [5, 5.41) is 4.03. The van der Waals surface area contributed by atoms with Crippen molar-refractivity contribution in [3.63, 3.8) is 0 Å². The molecule has 1 aliphatic rings. The SMILES string of the molecule is COC(=O)C1CCN(c2nn(C)c(=O)n(C)c2=O)CC1. The van der Waals surface area contributed by atoms with Crippen LogP contribution in [0.25, 0.3) is 0 Å². The molecule has 2 heterocycles. The molecular formula is C12H18N4O4. The summed E-state index contributed by atoms with van der Waals surface area (Å²) in [5.74, 6) is -0.100. The van der Waals surface area contributed by atoms with Crippen LogP contribution >= 0.6 is 0 Å². The Bertz CT molecular complexity index is 625. The van der Waals surface area contributed by atoms with Gasteiger partial charge in [0, 0.05) is 27.2 Å². The van der Waals surface area contributed by atoms with E-state index in [1.165, 1.54) is 21.2 Å². The highest BCUT2D eigenvalue weighted by molar-refractivity contribution is 5.72. The van der Waals surface area contributed by atoms with E-state index in [-0.39, 0.29) is 17.7 Å². The number of piperidine rings is 1. The molecule has 1 aliphatic heterocycles. The third kappa shape index (κ3) is 2.45. The first-order valence-corrected chi connectivity index (χ1v) is 6.42. The van der Waals surface area contributed by atoms with Gasteiger partial charge in [0.05, 0.1) is 13.0 Å². The Balaban J connectivity index is 2.22. The summed E-state index contributed by atoms with van der Waals surface area (Å²) in [6.07, 6.45) is 1.22. The second kappa shape index (κ2) is 5.48. The molecule has 2 rings (SSSR count). The number of aryl methyl sites for hydroxylation is 1. The molecule has 1 aromatic rings. The summed E-state index contributed by atoms with van der Waals surface area (Å²) in [6, 6.07) is 0. The highest BCUT2D eigenvalue weighted by atomic mass is 16.5. The average Bonchev–Trinajstić information content (AvgIpc) is 2.48. The fourth-order valence-electron chi connectivity index (χ4n) is 2.37. The van der Waals surface area contributed by atoms with E-state index >= 15 is 0 Å². The van der Waals surface area contributed by atoms with Crippen LogP contribution in [-0.2, 0) is 23.6 Å². The summed E-state index contributed by atoms with van der Waals surface area (Å²) >= 11 is 0. The first-order chi connectivity index (χ1) is 9.45. The maximum absolute atomic E-state index is 12.1. The summed E-state index contributed by atoms with van der Waals surface area (Å²) in [6.45, 7) is 1.08. The van der Waals surface area contributed by atoms with Gasteiger partial charge >= 0.3 is 11.7 Å². The number of hydrogen-bond donors (Lipinski definition) is 0. The van der Waals surface area contributed by atoms with Gasteiger partial charge < -0.3 is 9.64 Å². The largest absolute Gasteiger partial charge is 0.469 e. The first kappa shape index (κ1) is 14.3. The lowest BCUT2D eigenvalue weighted by Gasteiger charge is -2.31. The number of ether oxygens (including phenoxy) is 1. The van der Waals surface area contributed by atoms with Gasteiger partial charge in [-0.1, -0.05) is 0 Å². The number of anilines is 1. The van der Waals surface area contributed by atoms with E-state index in [1.807, 2.05) is 0 Å². The van der Waals surface area contributed by atoms with Gasteiger partial charge in [-0.3, -0.25) is 14.2 Å². The number of aromatic nitrogens is 3. The van der Waals surface area contributed by atoms with Gasteiger partial charge in [-0.2, -0.15) is 0 Å². The number of nitrogens with zero attached hydrogens (tertiary/aromatic N) is 4. The molecule has 0 N–H and O–H groups in total. The van der Waals surface area contributed by atoms with Crippen LogP contribution in [0.15, 0.2) is 9.59 Å². The van der Waals surface area contributed by atoms with Crippen molar-refractivity contribution in [2.75, 3.05) is 25.1 Å². The molecule has 1 aromatic heterocycles. The van der Waals surface area contributed by atoms with Gasteiger partial charge in [-0.25, -0.2) is 9.48 Å². The third-order valence-corrected chi connectivity index (χ3v) is 3.63. The standard InChI is InChI=1S/C12H18N4O4/c1-14-10(17)9(13-15(2)12(14)19)16-6-4-8(5-7-16)11(18)20-3/h8H,4-7H2,1-3H3. The van der Waals surface area contributed by atoms with Crippen LogP contribution in [0.4, 0.5) is 5.82 Å². The van der Waals surface area contributed by atoms with Crippen molar-refractivity contribution in [1.29, 1.82) is 0 Å².